The Morgan fingerprint density at radius 3 is 2.68 bits per heavy atom. The molecule has 7 heteroatoms. The molecule has 19 heavy (non-hydrogen) atoms. The van der Waals surface area contributed by atoms with E-state index in [0.717, 1.165) is 25.7 Å². The van der Waals surface area contributed by atoms with Crippen LogP contribution in [0.15, 0.2) is 25.3 Å². The smallest absolute Gasteiger partial charge is 0.412 e. The molecule has 1 aromatic rings. The standard InChI is InChI=1S/C12H18N4O.H2O.Pd/c1-2-3-12(17)15-10-4-6-11(7-5-10)16-9-13-8-14-16;;/h2,8-11H,1,3-7H2,(H,15,17);1H2;/q;;+1/p-1. The average Bonchev–Trinajstić information content (AvgIpc) is 2.92. The third-order valence-electron chi connectivity index (χ3n) is 3.32. The largest absolute Gasteiger partial charge is 0.412 e. The average molecular weight is 358 g/mol. The zero-order valence-electron chi connectivity index (χ0n) is 10.6. The quantitative estimate of drug-likeness (QED) is 0.590. The number of carbonyl (C=O) groups is 1. The SMILES string of the molecule is C=CCC(=O)[N]([Pd])C1CCC(n2cncn2)CC1.O. The van der Waals surface area contributed by atoms with Crippen molar-refractivity contribution >= 4 is 5.91 Å². The molecule has 1 aromatic heterocycles. The van der Waals surface area contributed by atoms with Gasteiger partial charge in [0.05, 0.1) is 0 Å². The number of rotatable bonds is 4. The van der Waals surface area contributed by atoms with Crippen molar-refractivity contribution in [1.29, 1.82) is 0 Å². The Balaban J connectivity index is 0.00000180. The minimum atomic E-state index is 0. The molecular weight excluding hydrogens is 339 g/mol. The molecule has 0 aromatic carbocycles. The van der Waals surface area contributed by atoms with E-state index in [-0.39, 0.29) is 11.4 Å². The molecule has 1 heterocycles. The predicted molar refractivity (Wildman–Crippen MR) is 66.6 cm³/mol. The van der Waals surface area contributed by atoms with E-state index in [0.29, 0.717) is 18.5 Å². The van der Waals surface area contributed by atoms with E-state index >= 15 is 0 Å². The van der Waals surface area contributed by atoms with Crippen LogP contribution in [-0.2, 0) is 24.2 Å². The fourth-order valence-electron chi connectivity index (χ4n) is 2.35. The van der Waals surface area contributed by atoms with Crippen molar-refractivity contribution in [3.05, 3.63) is 25.3 Å². The Morgan fingerprint density at radius 1 is 1.47 bits per heavy atom. The summed E-state index contributed by atoms with van der Waals surface area (Å²) in [5, 5.41) is 4.18. The fourth-order valence-corrected chi connectivity index (χ4v) is 2.89. The zero-order valence-corrected chi connectivity index (χ0v) is 12.2. The van der Waals surface area contributed by atoms with Crippen LogP contribution in [0.4, 0.5) is 0 Å². The van der Waals surface area contributed by atoms with Gasteiger partial charge in [-0.05, 0) is 0 Å². The number of hydrogen-bond acceptors (Lipinski definition) is 3. The van der Waals surface area contributed by atoms with Gasteiger partial charge in [0, 0.05) is 0 Å². The van der Waals surface area contributed by atoms with E-state index in [4.69, 9.17) is 0 Å². The normalized spacial score (nSPS) is 22.4. The molecule has 109 valence electrons. The van der Waals surface area contributed by atoms with Gasteiger partial charge in [0.25, 0.3) is 0 Å². The first kappa shape index (κ1) is 16.0. The van der Waals surface area contributed by atoms with Gasteiger partial charge in [-0.1, -0.05) is 0 Å². The van der Waals surface area contributed by atoms with E-state index < -0.39 is 0 Å². The molecule has 0 spiro atoms. The summed E-state index contributed by atoms with van der Waals surface area (Å²) >= 11 is 3.08. The van der Waals surface area contributed by atoms with Crippen LogP contribution in [0.3, 0.4) is 0 Å². The first-order valence-corrected chi connectivity index (χ1v) is 6.82. The molecule has 0 atom stereocenters. The summed E-state index contributed by atoms with van der Waals surface area (Å²) in [6, 6.07) is 0.712. The van der Waals surface area contributed by atoms with Crippen molar-refractivity contribution in [1.82, 2.24) is 18.3 Å². The molecule has 1 aliphatic carbocycles. The number of hydrogen-bond donors (Lipinski definition) is 0. The second-order valence-corrected chi connectivity index (χ2v) is 5.25. The van der Waals surface area contributed by atoms with Crippen LogP contribution >= 0.6 is 0 Å². The second-order valence-electron chi connectivity index (χ2n) is 4.51. The molecule has 1 fully saturated rings. The van der Waals surface area contributed by atoms with E-state index in [1.807, 2.05) is 4.68 Å². The van der Waals surface area contributed by atoms with Crippen molar-refractivity contribution in [2.45, 2.75) is 44.2 Å². The van der Waals surface area contributed by atoms with Crippen molar-refractivity contribution < 1.29 is 29.7 Å². The Morgan fingerprint density at radius 2 is 2.16 bits per heavy atom. The van der Waals surface area contributed by atoms with Crippen LogP contribution in [-0.4, -0.2) is 35.7 Å². The van der Waals surface area contributed by atoms with E-state index in [9.17, 15) is 4.79 Å². The molecule has 6 nitrogen and oxygen atoms in total. The Bertz CT molecular complexity index is 402. The van der Waals surface area contributed by atoms with Gasteiger partial charge in [-0.15, -0.1) is 0 Å². The van der Waals surface area contributed by atoms with Crippen LogP contribution < -0.4 is 0 Å². The van der Waals surface area contributed by atoms with Gasteiger partial charge in [0.1, 0.15) is 0 Å². The van der Waals surface area contributed by atoms with Gasteiger partial charge in [0.15, 0.2) is 0 Å². The monoisotopic (exact) mass is 357 g/mol. The second kappa shape index (κ2) is 7.53. The summed E-state index contributed by atoms with van der Waals surface area (Å²) in [5.74, 6) is 0.0946. The fraction of sp³-hybridized carbons (Fsp3) is 0.583. The molecule has 1 amide bonds. The summed E-state index contributed by atoms with van der Waals surface area (Å²) in [6.45, 7) is 3.59. The number of amides is 1. The van der Waals surface area contributed by atoms with Gasteiger partial charge >= 0.3 is 118 Å². The van der Waals surface area contributed by atoms with E-state index in [1.165, 1.54) is 0 Å². The van der Waals surface area contributed by atoms with Gasteiger partial charge in [-0.3, -0.25) is 0 Å². The molecule has 0 radical (unpaired) electrons. The Hall–Kier alpha value is -1.03. The number of aromatic nitrogens is 3. The third kappa shape index (κ3) is 3.97. The molecule has 2 N–H and O–H groups in total. The third-order valence-corrected chi connectivity index (χ3v) is 4.27. The first-order chi connectivity index (χ1) is 8.72. The maximum atomic E-state index is 11.7. The summed E-state index contributed by atoms with van der Waals surface area (Å²) in [7, 11) is 0. The van der Waals surface area contributed by atoms with Crippen molar-refractivity contribution in [2.24, 2.45) is 0 Å². The molecule has 0 unspecified atom stereocenters. The maximum absolute atomic E-state index is 11.7. The number of carbonyl (C=O) groups excluding carboxylic acids is 1. The zero-order chi connectivity index (χ0) is 13.0. The Labute approximate surface area is 123 Å². The summed E-state index contributed by atoms with van der Waals surface area (Å²) in [6.07, 6.45) is 9.42. The predicted octanol–water partition coefficient (Wildman–Crippen LogP) is 0.804. The molecule has 1 aliphatic rings. The maximum Gasteiger partial charge on any atom is -0.412 e. The summed E-state index contributed by atoms with van der Waals surface area (Å²) in [4.78, 5) is 15.7. The molecule has 0 bridgehead atoms. The van der Waals surface area contributed by atoms with Crippen LogP contribution in [0, 0.1) is 0 Å². The van der Waals surface area contributed by atoms with Gasteiger partial charge in [0.2, 0.25) is 0 Å². The molecule has 1 saturated carbocycles. The Kier molecular flexibility index (Phi) is 6.36. The molecular formula is C12H19N4O2Pd. The van der Waals surface area contributed by atoms with Crippen molar-refractivity contribution in [3.8, 4) is 0 Å². The van der Waals surface area contributed by atoms with Crippen molar-refractivity contribution in [2.75, 3.05) is 0 Å². The van der Waals surface area contributed by atoms with Gasteiger partial charge < -0.3 is 5.48 Å². The van der Waals surface area contributed by atoms with E-state index in [2.05, 4.69) is 36.1 Å². The number of nitrogens with zero attached hydrogens (tertiary/aromatic N) is 4. The summed E-state index contributed by atoms with van der Waals surface area (Å²) < 4.78 is 3.64. The minimum Gasteiger partial charge on any atom is -0.412 e. The van der Waals surface area contributed by atoms with Gasteiger partial charge in [-0.25, -0.2) is 0 Å². The first-order valence-electron chi connectivity index (χ1n) is 6.12. The minimum absolute atomic E-state index is 0. The van der Waals surface area contributed by atoms with Gasteiger partial charge in [-0.2, -0.15) is 0 Å². The van der Waals surface area contributed by atoms with Crippen LogP contribution in [0.5, 0.6) is 0 Å². The summed E-state index contributed by atoms with van der Waals surface area (Å²) in [5.41, 5.74) is 0. The van der Waals surface area contributed by atoms with Crippen molar-refractivity contribution in [3.63, 3.8) is 0 Å². The van der Waals surface area contributed by atoms with Crippen LogP contribution in [0.2, 0.25) is 0 Å². The van der Waals surface area contributed by atoms with E-state index in [1.54, 1.807) is 22.3 Å². The topological polar surface area (TPSA) is 82.5 Å². The van der Waals surface area contributed by atoms with Crippen LogP contribution in [0.1, 0.15) is 38.1 Å². The molecule has 0 aliphatic heterocycles. The molecule has 2 rings (SSSR count). The molecule has 0 saturated heterocycles. The van der Waals surface area contributed by atoms with Crippen LogP contribution in [0.25, 0.3) is 0 Å².